The van der Waals surface area contributed by atoms with Crippen LogP contribution in [-0.4, -0.2) is 21.9 Å². The normalized spacial score (nSPS) is 10.6. The van der Waals surface area contributed by atoms with Crippen LogP contribution in [0, 0.1) is 0 Å². The lowest BCUT2D eigenvalue weighted by molar-refractivity contribution is -0.116. The van der Waals surface area contributed by atoms with Crippen LogP contribution in [0.25, 0.3) is 0 Å². The number of nitrogens with zero attached hydrogens (tertiary/aromatic N) is 2. The van der Waals surface area contributed by atoms with Gasteiger partial charge < -0.3 is 5.32 Å². The number of aryl methyl sites for hydroxylation is 1. The summed E-state index contributed by atoms with van der Waals surface area (Å²) in [4.78, 5) is 24.2. The van der Waals surface area contributed by atoms with Gasteiger partial charge in [0, 0.05) is 19.3 Å². The average molecular weight is 344 g/mol. The average Bonchev–Trinajstić information content (AvgIpc) is 3.06. The molecule has 0 aliphatic rings. The molecule has 0 saturated heterocycles. The van der Waals surface area contributed by atoms with Crippen molar-refractivity contribution >= 4 is 51.1 Å². The van der Waals surface area contributed by atoms with Gasteiger partial charge in [0.2, 0.25) is 11.0 Å². The van der Waals surface area contributed by atoms with Crippen molar-refractivity contribution in [1.29, 1.82) is 0 Å². The Bertz CT molecular complexity index is 639. The molecular weight excluding hydrogens is 330 g/mol. The number of halogens is 1. The number of amides is 1. The molecule has 21 heavy (non-hydrogen) atoms. The van der Waals surface area contributed by atoms with Crippen LogP contribution in [0.5, 0.6) is 0 Å². The summed E-state index contributed by atoms with van der Waals surface area (Å²) >= 11 is 8.37. The van der Waals surface area contributed by atoms with E-state index in [1.54, 1.807) is 12.1 Å². The molecule has 0 bridgehead atoms. The second-order valence-corrected chi connectivity index (χ2v) is 7.10. The topological polar surface area (TPSA) is 72.0 Å². The van der Waals surface area contributed by atoms with Crippen LogP contribution in [0.1, 0.15) is 40.9 Å². The highest BCUT2D eigenvalue weighted by atomic mass is 35.5. The van der Waals surface area contributed by atoms with E-state index in [4.69, 9.17) is 11.6 Å². The van der Waals surface area contributed by atoms with Crippen LogP contribution in [-0.2, 0) is 11.2 Å². The molecule has 1 N–H and O–H groups in total. The number of rotatable bonds is 7. The number of carbonyl (C=O) groups is 2. The van der Waals surface area contributed by atoms with E-state index < -0.39 is 0 Å². The van der Waals surface area contributed by atoms with Crippen LogP contribution in [0.4, 0.5) is 5.13 Å². The molecule has 0 unspecified atom stereocenters. The van der Waals surface area contributed by atoms with Crippen molar-refractivity contribution < 1.29 is 9.59 Å². The Kier molecular flexibility index (Phi) is 5.84. The molecule has 0 saturated carbocycles. The smallest absolute Gasteiger partial charge is 0.226 e. The number of nitrogens with one attached hydrogen (secondary N) is 1. The quantitative estimate of drug-likeness (QED) is 0.776. The van der Waals surface area contributed by atoms with E-state index in [0.717, 1.165) is 17.8 Å². The zero-order valence-electron chi connectivity index (χ0n) is 11.4. The van der Waals surface area contributed by atoms with Gasteiger partial charge in [-0.25, -0.2) is 0 Å². The van der Waals surface area contributed by atoms with Gasteiger partial charge in [0.15, 0.2) is 5.78 Å². The van der Waals surface area contributed by atoms with Gasteiger partial charge >= 0.3 is 0 Å². The molecule has 0 aliphatic carbocycles. The largest absolute Gasteiger partial charge is 0.301 e. The minimum Gasteiger partial charge on any atom is -0.301 e. The molecule has 0 fully saturated rings. The number of carbonyl (C=O) groups excluding carboxylic acids is 2. The van der Waals surface area contributed by atoms with E-state index in [-0.39, 0.29) is 24.5 Å². The molecule has 0 aromatic carbocycles. The molecule has 2 aromatic heterocycles. The van der Waals surface area contributed by atoms with E-state index in [1.807, 2.05) is 0 Å². The highest BCUT2D eigenvalue weighted by Gasteiger charge is 2.13. The second-order valence-electron chi connectivity index (χ2n) is 4.33. The molecule has 0 atom stereocenters. The van der Waals surface area contributed by atoms with Gasteiger partial charge in [0.05, 0.1) is 9.21 Å². The number of hydrogen-bond acceptors (Lipinski definition) is 6. The molecule has 2 heterocycles. The first kappa shape index (κ1) is 16.1. The minimum absolute atomic E-state index is 0.0778. The molecule has 2 aromatic rings. The summed E-state index contributed by atoms with van der Waals surface area (Å²) in [6.07, 6.45) is 2.12. The van der Waals surface area contributed by atoms with Crippen LogP contribution in [0.2, 0.25) is 4.34 Å². The first-order chi connectivity index (χ1) is 10.1. The Morgan fingerprint density at radius 2 is 2.05 bits per heavy atom. The van der Waals surface area contributed by atoms with Crippen molar-refractivity contribution in [2.45, 2.75) is 32.6 Å². The zero-order valence-corrected chi connectivity index (χ0v) is 13.8. The monoisotopic (exact) mass is 343 g/mol. The van der Waals surface area contributed by atoms with Crippen molar-refractivity contribution in [2.24, 2.45) is 0 Å². The first-order valence-electron chi connectivity index (χ1n) is 6.49. The number of hydrogen-bond donors (Lipinski definition) is 1. The van der Waals surface area contributed by atoms with Gasteiger partial charge in [-0.3, -0.25) is 9.59 Å². The van der Waals surface area contributed by atoms with E-state index in [9.17, 15) is 9.59 Å². The zero-order chi connectivity index (χ0) is 15.2. The first-order valence-corrected chi connectivity index (χ1v) is 8.50. The Hall–Kier alpha value is -1.31. The SMILES string of the molecule is CCCc1nnc(NC(=O)CCC(=O)c2ccc(Cl)s2)s1. The maximum Gasteiger partial charge on any atom is 0.226 e. The lowest BCUT2D eigenvalue weighted by atomic mass is 10.2. The number of aromatic nitrogens is 2. The van der Waals surface area contributed by atoms with E-state index >= 15 is 0 Å². The van der Waals surface area contributed by atoms with Crippen molar-refractivity contribution in [3.63, 3.8) is 0 Å². The van der Waals surface area contributed by atoms with Gasteiger partial charge in [0.25, 0.3) is 0 Å². The fourth-order valence-electron chi connectivity index (χ4n) is 1.62. The van der Waals surface area contributed by atoms with Gasteiger partial charge in [-0.1, -0.05) is 29.9 Å². The summed E-state index contributed by atoms with van der Waals surface area (Å²) in [6, 6.07) is 3.35. The molecule has 2 rings (SSSR count). The third-order valence-corrected chi connectivity index (χ3v) is 4.77. The Labute approximate surface area is 135 Å². The summed E-state index contributed by atoms with van der Waals surface area (Å²) < 4.78 is 0.570. The predicted octanol–water partition coefficient (Wildman–Crippen LogP) is 3.81. The third-order valence-electron chi connectivity index (χ3n) is 2.60. The van der Waals surface area contributed by atoms with Crippen molar-refractivity contribution in [1.82, 2.24) is 10.2 Å². The van der Waals surface area contributed by atoms with Crippen LogP contribution in [0.15, 0.2) is 12.1 Å². The van der Waals surface area contributed by atoms with E-state index in [1.165, 1.54) is 22.7 Å². The summed E-state index contributed by atoms with van der Waals surface area (Å²) in [5, 5.41) is 11.9. The highest BCUT2D eigenvalue weighted by molar-refractivity contribution is 7.18. The van der Waals surface area contributed by atoms with E-state index in [0.29, 0.717) is 14.3 Å². The lowest BCUT2D eigenvalue weighted by Crippen LogP contribution is -2.13. The molecule has 112 valence electrons. The number of Topliss-reactive ketones (excluding diaryl/α,β-unsaturated/α-hetero) is 1. The Morgan fingerprint density at radius 1 is 1.24 bits per heavy atom. The Morgan fingerprint density at radius 3 is 2.71 bits per heavy atom. The molecule has 0 aliphatic heterocycles. The maximum absolute atomic E-state index is 11.9. The predicted molar refractivity (Wildman–Crippen MR) is 85.4 cm³/mol. The molecule has 0 spiro atoms. The van der Waals surface area contributed by atoms with Crippen LogP contribution in [0.3, 0.4) is 0 Å². The van der Waals surface area contributed by atoms with Gasteiger partial charge in [-0.15, -0.1) is 21.5 Å². The fraction of sp³-hybridized carbons (Fsp3) is 0.385. The van der Waals surface area contributed by atoms with Crippen molar-refractivity contribution in [3.8, 4) is 0 Å². The summed E-state index contributed by atoms with van der Waals surface area (Å²) in [6.45, 7) is 2.06. The van der Waals surface area contributed by atoms with Crippen molar-refractivity contribution in [2.75, 3.05) is 5.32 Å². The van der Waals surface area contributed by atoms with E-state index in [2.05, 4.69) is 22.4 Å². The number of thiophene rings is 1. The Balaban J connectivity index is 1.80. The second kappa shape index (κ2) is 7.63. The highest BCUT2D eigenvalue weighted by Crippen LogP contribution is 2.23. The van der Waals surface area contributed by atoms with Crippen LogP contribution >= 0.6 is 34.3 Å². The lowest BCUT2D eigenvalue weighted by Gasteiger charge is -1.99. The molecule has 5 nitrogen and oxygen atoms in total. The molecule has 1 amide bonds. The van der Waals surface area contributed by atoms with Crippen LogP contribution < -0.4 is 5.32 Å². The minimum atomic E-state index is -0.231. The standard InChI is InChI=1S/C13H14ClN3O2S2/c1-2-3-12-16-17-13(21-12)15-11(19)7-4-8(18)9-5-6-10(14)20-9/h5-6H,2-4,7H2,1H3,(H,15,17,19). The van der Waals surface area contributed by atoms with Gasteiger partial charge in [0.1, 0.15) is 5.01 Å². The van der Waals surface area contributed by atoms with Gasteiger partial charge in [-0.2, -0.15) is 0 Å². The fourth-order valence-corrected chi connectivity index (χ4v) is 3.48. The molecular formula is C13H14ClN3O2S2. The molecule has 8 heteroatoms. The molecule has 0 radical (unpaired) electrons. The third kappa shape index (κ3) is 4.87. The van der Waals surface area contributed by atoms with Crippen molar-refractivity contribution in [3.05, 3.63) is 26.4 Å². The summed E-state index contributed by atoms with van der Waals surface area (Å²) in [5.41, 5.74) is 0. The summed E-state index contributed by atoms with van der Waals surface area (Å²) in [5.74, 6) is -0.309. The number of ketones is 1. The number of anilines is 1. The maximum atomic E-state index is 11.9. The van der Waals surface area contributed by atoms with Gasteiger partial charge in [-0.05, 0) is 18.6 Å². The summed E-state index contributed by atoms with van der Waals surface area (Å²) in [7, 11) is 0.